The van der Waals surface area contributed by atoms with Gasteiger partial charge in [0, 0.05) is 10.9 Å². The third-order valence-electron chi connectivity index (χ3n) is 2.36. The van der Waals surface area contributed by atoms with Gasteiger partial charge in [-0.1, -0.05) is 6.07 Å². The maximum absolute atomic E-state index is 12.6. The number of alkyl halides is 4. The van der Waals surface area contributed by atoms with Crippen LogP contribution in [0.2, 0.25) is 0 Å². The van der Waals surface area contributed by atoms with Crippen molar-refractivity contribution < 1.29 is 18.0 Å². The van der Waals surface area contributed by atoms with E-state index in [-0.39, 0.29) is 11.4 Å². The molecule has 0 aliphatic heterocycles. The van der Waals surface area contributed by atoms with E-state index in [4.69, 9.17) is 11.6 Å². The van der Waals surface area contributed by atoms with E-state index in [1.807, 2.05) is 0 Å². The molecule has 1 aromatic carbocycles. The van der Waals surface area contributed by atoms with Crippen LogP contribution in [-0.2, 0) is 12.1 Å². The fourth-order valence-corrected chi connectivity index (χ4v) is 2.37. The third kappa shape index (κ3) is 3.49. The molecule has 8 heteroatoms. The molecular weight excluding hydrogens is 313 g/mol. The number of amides is 1. The highest BCUT2D eigenvalue weighted by atomic mass is 35.5. The zero-order chi connectivity index (χ0) is 14.8. The first-order valence-corrected chi connectivity index (χ1v) is 6.80. The molecule has 0 unspecified atom stereocenters. The van der Waals surface area contributed by atoms with Gasteiger partial charge in [0.1, 0.15) is 0 Å². The second-order valence-electron chi connectivity index (χ2n) is 3.81. The molecule has 2 aromatic rings. The second-order valence-corrected chi connectivity index (χ2v) is 4.94. The molecule has 0 fully saturated rings. The lowest BCUT2D eigenvalue weighted by molar-refractivity contribution is -0.137. The van der Waals surface area contributed by atoms with E-state index >= 15 is 0 Å². The minimum absolute atomic E-state index is 0.0811. The zero-order valence-electron chi connectivity index (χ0n) is 9.87. The van der Waals surface area contributed by atoms with Gasteiger partial charge in [-0.15, -0.1) is 22.9 Å². The number of nitrogens with one attached hydrogen (secondary N) is 1. The number of thiazole rings is 1. The van der Waals surface area contributed by atoms with Gasteiger partial charge in [-0.2, -0.15) is 13.2 Å². The molecule has 1 N–H and O–H groups in total. The highest BCUT2D eigenvalue weighted by molar-refractivity contribution is 7.14. The fourth-order valence-electron chi connectivity index (χ4n) is 1.43. The largest absolute Gasteiger partial charge is 0.416 e. The van der Waals surface area contributed by atoms with Crippen LogP contribution in [0.5, 0.6) is 0 Å². The highest BCUT2D eigenvalue weighted by Gasteiger charge is 2.30. The van der Waals surface area contributed by atoms with Crippen molar-refractivity contribution in [3.05, 3.63) is 46.5 Å². The number of carbonyl (C=O) groups excluding carboxylic acids is 1. The average molecular weight is 321 g/mol. The summed E-state index contributed by atoms with van der Waals surface area (Å²) in [6.45, 7) is 0. The molecule has 0 bridgehead atoms. The van der Waals surface area contributed by atoms with Gasteiger partial charge in [0.25, 0.3) is 5.91 Å². The van der Waals surface area contributed by atoms with Crippen molar-refractivity contribution in [2.75, 3.05) is 5.32 Å². The number of anilines is 1. The molecule has 0 radical (unpaired) electrons. The molecule has 20 heavy (non-hydrogen) atoms. The van der Waals surface area contributed by atoms with Crippen LogP contribution in [-0.4, -0.2) is 10.9 Å². The predicted octanol–water partition coefficient (Wildman–Crippen LogP) is 4.15. The fraction of sp³-hybridized carbons (Fsp3) is 0.167. The Morgan fingerprint density at radius 2 is 2.15 bits per heavy atom. The Morgan fingerprint density at radius 3 is 2.75 bits per heavy atom. The minimum Gasteiger partial charge on any atom is -0.298 e. The van der Waals surface area contributed by atoms with Crippen molar-refractivity contribution in [2.45, 2.75) is 12.1 Å². The minimum atomic E-state index is -4.48. The number of benzene rings is 1. The van der Waals surface area contributed by atoms with Crippen LogP contribution in [0.3, 0.4) is 0 Å². The van der Waals surface area contributed by atoms with Crippen LogP contribution >= 0.6 is 22.9 Å². The van der Waals surface area contributed by atoms with Crippen molar-refractivity contribution in [2.24, 2.45) is 0 Å². The van der Waals surface area contributed by atoms with E-state index in [2.05, 4.69) is 10.3 Å². The first kappa shape index (κ1) is 14.8. The summed E-state index contributed by atoms with van der Waals surface area (Å²) in [6.07, 6.45) is -4.48. The van der Waals surface area contributed by atoms with Gasteiger partial charge >= 0.3 is 6.18 Å². The van der Waals surface area contributed by atoms with Crippen LogP contribution in [0, 0.1) is 0 Å². The van der Waals surface area contributed by atoms with Gasteiger partial charge in [-0.3, -0.25) is 10.1 Å². The van der Waals surface area contributed by atoms with Crippen molar-refractivity contribution in [1.29, 1.82) is 0 Å². The van der Waals surface area contributed by atoms with Crippen LogP contribution < -0.4 is 5.32 Å². The molecule has 1 aromatic heterocycles. The second kappa shape index (κ2) is 5.80. The van der Waals surface area contributed by atoms with E-state index in [1.54, 1.807) is 5.38 Å². The summed E-state index contributed by atoms with van der Waals surface area (Å²) in [5.74, 6) is -0.442. The molecule has 0 aliphatic carbocycles. The van der Waals surface area contributed by atoms with Crippen LogP contribution in [0.1, 0.15) is 21.6 Å². The maximum Gasteiger partial charge on any atom is 0.416 e. The number of nitrogens with zero attached hydrogens (tertiary/aromatic N) is 1. The Morgan fingerprint density at radius 1 is 1.40 bits per heavy atom. The van der Waals surface area contributed by atoms with Crippen molar-refractivity contribution in [3.63, 3.8) is 0 Å². The van der Waals surface area contributed by atoms with Crippen molar-refractivity contribution in [3.8, 4) is 0 Å². The SMILES string of the molecule is O=C(Nc1nc(CCl)cs1)c1cccc(C(F)(F)F)c1. The number of aromatic nitrogens is 1. The summed E-state index contributed by atoms with van der Waals surface area (Å²) in [5.41, 5.74) is -0.357. The normalized spacial score (nSPS) is 11.4. The summed E-state index contributed by atoms with van der Waals surface area (Å²) >= 11 is 6.73. The lowest BCUT2D eigenvalue weighted by Crippen LogP contribution is -2.13. The Labute approximate surface area is 121 Å². The monoisotopic (exact) mass is 320 g/mol. The first-order chi connectivity index (χ1) is 9.40. The molecule has 0 atom stereocenters. The van der Waals surface area contributed by atoms with Crippen molar-refractivity contribution >= 4 is 34.0 Å². The Bertz CT molecular complexity index is 627. The molecular formula is C12H8ClF3N2OS. The topological polar surface area (TPSA) is 42.0 Å². The smallest absolute Gasteiger partial charge is 0.298 e. The first-order valence-electron chi connectivity index (χ1n) is 5.39. The molecule has 0 aliphatic rings. The standard InChI is InChI=1S/C12H8ClF3N2OS/c13-5-9-6-20-11(17-9)18-10(19)7-2-1-3-8(4-7)12(14,15)16/h1-4,6H,5H2,(H,17,18,19). The Kier molecular flexibility index (Phi) is 4.29. The molecule has 2 rings (SSSR count). The average Bonchev–Trinajstić information content (AvgIpc) is 2.85. The third-order valence-corrected chi connectivity index (χ3v) is 3.44. The number of hydrogen-bond acceptors (Lipinski definition) is 3. The molecule has 1 heterocycles. The summed E-state index contributed by atoms with van der Waals surface area (Å²) in [5, 5.41) is 4.39. The number of hydrogen-bond donors (Lipinski definition) is 1. The lowest BCUT2D eigenvalue weighted by Gasteiger charge is -2.08. The quantitative estimate of drug-likeness (QED) is 0.863. The van der Waals surface area contributed by atoms with Gasteiger partial charge in [-0.05, 0) is 18.2 Å². The molecule has 0 saturated carbocycles. The number of halogens is 4. The lowest BCUT2D eigenvalue weighted by atomic mass is 10.1. The highest BCUT2D eigenvalue weighted by Crippen LogP contribution is 2.29. The Balaban J connectivity index is 2.17. The van der Waals surface area contributed by atoms with Gasteiger partial charge < -0.3 is 0 Å². The van der Waals surface area contributed by atoms with Crippen molar-refractivity contribution in [1.82, 2.24) is 4.98 Å². The summed E-state index contributed by atoms with van der Waals surface area (Å²) in [7, 11) is 0. The van der Waals surface area contributed by atoms with Gasteiger partial charge in [0.05, 0.1) is 17.1 Å². The van der Waals surface area contributed by atoms with Crippen LogP contribution in [0.25, 0.3) is 0 Å². The summed E-state index contributed by atoms with van der Waals surface area (Å²) < 4.78 is 37.7. The van der Waals surface area contributed by atoms with E-state index in [1.165, 1.54) is 12.1 Å². The molecule has 0 spiro atoms. The van der Waals surface area contributed by atoms with Gasteiger partial charge in [-0.25, -0.2) is 4.98 Å². The zero-order valence-corrected chi connectivity index (χ0v) is 11.4. The van der Waals surface area contributed by atoms with E-state index < -0.39 is 17.6 Å². The number of carbonyl (C=O) groups is 1. The van der Waals surface area contributed by atoms with E-state index in [0.717, 1.165) is 23.5 Å². The Hall–Kier alpha value is -1.60. The summed E-state index contributed by atoms with van der Waals surface area (Å²) in [6, 6.07) is 4.20. The summed E-state index contributed by atoms with van der Waals surface area (Å²) in [4.78, 5) is 15.8. The molecule has 3 nitrogen and oxygen atoms in total. The number of rotatable bonds is 3. The molecule has 106 valence electrons. The predicted molar refractivity (Wildman–Crippen MR) is 71.1 cm³/mol. The van der Waals surface area contributed by atoms with Gasteiger partial charge in [0.2, 0.25) is 0 Å². The molecule has 1 amide bonds. The van der Waals surface area contributed by atoms with Crippen LogP contribution in [0.4, 0.5) is 18.3 Å². The maximum atomic E-state index is 12.6. The van der Waals surface area contributed by atoms with E-state index in [0.29, 0.717) is 10.8 Å². The van der Waals surface area contributed by atoms with E-state index in [9.17, 15) is 18.0 Å². The molecule has 0 saturated heterocycles. The van der Waals surface area contributed by atoms with Gasteiger partial charge in [0.15, 0.2) is 5.13 Å². The van der Waals surface area contributed by atoms with Crippen LogP contribution in [0.15, 0.2) is 29.6 Å².